The molecule has 37 heavy (non-hydrogen) atoms. The van der Waals surface area contributed by atoms with Crippen LogP contribution in [0.15, 0.2) is 48.5 Å². The van der Waals surface area contributed by atoms with Crippen molar-refractivity contribution in [2.75, 3.05) is 23.7 Å². The third-order valence-electron chi connectivity index (χ3n) is 5.67. The second kappa shape index (κ2) is 14.0. The van der Waals surface area contributed by atoms with Crippen molar-refractivity contribution >= 4 is 27.5 Å². The van der Waals surface area contributed by atoms with Gasteiger partial charge in [0, 0.05) is 25.6 Å². The number of carbonyl (C=O) groups is 2. The van der Waals surface area contributed by atoms with E-state index >= 15 is 0 Å². The predicted octanol–water partition coefficient (Wildman–Crippen LogP) is 4.10. The highest BCUT2D eigenvalue weighted by Gasteiger charge is 2.29. The van der Waals surface area contributed by atoms with Gasteiger partial charge in [-0.3, -0.25) is 13.9 Å². The van der Waals surface area contributed by atoms with Crippen LogP contribution in [-0.2, 0) is 26.2 Å². The summed E-state index contributed by atoms with van der Waals surface area (Å²) in [5, 5.41) is 2.86. The number of hydrogen-bond donors (Lipinski definition) is 1. The first-order chi connectivity index (χ1) is 17.5. The van der Waals surface area contributed by atoms with Crippen LogP contribution in [0.2, 0.25) is 0 Å². The maximum Gasteiger partial charge on any atom is 0.243 e. The van der Waals surface area contributed by atoms with E-state index in [2.05, 4.69) is 5.32 Å². The first-order valence-corrected chi connectivity index (χ1v) is 14.4. The number of amides is 2. The standard InChI is InChI=1S/C27H38FN3O5S/c1-6-23(27(33)29-20(3)4)30(19-21-14-16-22(28)17-15-21)26(32)13-10-18-31(37(5,34)35)24-11-8-9-12-25(24)36-7-2/h8-9,11-12,14-17,20,23H,6-7,10,13,18-19H2,1-5H3,(H,29,33). The molecule has 0 fully saturated rings. The predicted molar refractivity (Wildman–Crippen MR) is 143 cm³/mol. The SMILES string of the molecule is CCOc1ccccc1N(CCCC(=O)N(Cc1ccc(F)cc1)C(CC)C(=O)NC(C)C)S(C)(=O)=O. The minimum Gasteiger partial charge on any atom is -0.492 e. The molecule has 1 unspecified atom stereocenters. The largest absolute Gasteiger partial charge is 0.492 e. The van der Waals surface area contributed by atoms with Crippen LogP contribution in [0.4, 0.5) is 10.1 Å². The minimum atomic E-state index is -3.65. The first-order valence-electron chi connectivity index (χ1n) is 12.5. The summed E-state index contributed by atoms with van der Waals surface area (Å²) >= 11 is 0. The molecular weight excluding hydrogens is 497 g/mol. The van der Waals surface area contributed by atoms with Gasteiger partial charge in [0.15, 0.2) is 0 Å². The number of halogens is 1. The fraction of sp³-hybridized carbons (Fsp3) is 0.481. The van der Waals surface area contributed by atoms with E-state index in [0.29, 0.717) is 30.0 Å². The minimum absolute atomic E-state index is 0.0233. The summed E-state index contributed by atoms with van der Waals surface area (Å²) in [7, 11) is -3.65. The summed E-state index contributed by atoms with van der Waals surface area (Å²) in [6.07, 6.45) is 1.76. The fourth-order valence-electron chi connectivity index (χ4n) is 4.01. The van der Waals surface area contributed by atoms with Gasteiger partial charge in [0.05, 0.1) is 18.6 Å². The van der Waals surface area contributed by atoms with E-state index in [0.717, 1.165) is 6.26 Å². The second-order valence-electron chi connectivity index (χ2n) is 9.07. The molecule has 0 bridgehead atoms. The Hall–Kier alpha value is -3.14. The highest BCUT2D eigenvalue weighted by atomic mass is 32.2. The number of carbonyl (C=O) groups excluding carboxylic acids is 2. The van der Waals surface area contributed by atoms with E-state index in [1.807, 2.05) is 27.7 Å². The Morgan fingerprint density at radius 1 is 1.05 bits per heavy atom. The molecule has 1 N–H and O–H groups in total. The third-order valence-corrected chi connectivity index (χ3v) is 6.85. The second-order valence-corrected chi connectivity index (χ2v) is 11.0. The van der Waals surface area contributed by atoms with Gasteiger partial charge in [-0.1, -0.05) is 31.2 Å². The van der Waals surface area contributed by atoms with Gasteiger partial charge in [-0.05, 0) is 63.4 Å². The molecule has 8 nitrogen and oxygen atoms in total. The summed E-state index contributed by atoms with van der Waals surface area (Å²) < 4.78 is 45.5. The molecule has 204 valence electrons. The van der Waals surface area contributed by atoms with Crippen LogP contribution in [0.25, 0.3) is 0 Å². The molecular formula is C27H38FN3O5S. The number of para-hydroxylation sites is 2. The monoisotopic (exact) mass is 535 g/mol. The van der Waals surface area contributed by atoms with Crippen LogP contribution in [0.3, 0.4) is 0 Å². The van der Waals surface area contributed by atoms with Gasteiger partial charge in [-0.25, -0.2) is 12.8 Å². The fourth-order valence-corrected chi connectivity index (χ4v) is 4.98. The van der Waals surface area contributed by atoms with Gasteiger partial charge < -0.3 is 15.0 Å². The highest BCUT2D eigenvalue weighted by Crippen LogP contribution is 2.30. The smallest absolute Gasteiger partial charge is 0.243 e. The van der Waals surface area contributed by atoms with Crippen LogP contribution in [0.5, 0.6) is 5.75 Å². The number of nitrogens with zero attached hydrogens (tertiary/aromatic N) is 2. The normalized spacial score (nSPS) is 12.2. The van der Waals surface area contributed by atoms with E-state index in [4.69, 9.17) is 4.74 Å². The number of anilines is 1. The quantitative estimate of drug-likeness (QED) is 0.393. The van der Waals surface area contributed by atoms with E-state index in [9.17, 15) is 22.4 Å². The van der Waals surface area contributed by atoms with Gasteiger partial charge in [0.2, 0.25) is 21.8 Å². The van der Waals surface area contributed by atoms with E-state index in [1.165, 1.54) is 21.3 Å². The van der Waals surface area contributed by atoms with Crippen molar-refractivity contribution in [2.24, 2.45) is 0 Å². The van der Waals surface area contributed by atoms with Gasteiger partial charge in [0.1, 0.15) is 17.6 Å². The number of sulfonamides is 1. The number of nitrogens with one attached hydrogen (secondary N) is 1. The zero-order valence-corrected chi connectivity index (χ0v) is 23.1. The number of ether oxygens (including phenoxy) is 1. The van der Waals surface area contributed by atoms with Crippen molar-refractivity contribution in [3.8, 4) is 5.75 Å². The van der Waals surface area contributed by atoms with Crippen molar-refractivity contribution < 1.29 is 27.1 Å². The van der Waals surface area contributed by atoms with Gasteiger partial charge in [-0.15, -0.1) is 0 Å². The average Bonchev–Trinajstić information content (AvgIpc) is 2.82. The molecule has 0 aliphatic carbocycles. The summed E-state index contributed by atoms with van der Waals surface area (Å²) in [4.78, 5) is 27.8. The van der Waals surface area contributed by atoms with Crippen molar-refractivity contribution in [3.05, 3.63) is 59.9 Å². The van der Waals surface area contributed by atoms with Crippen molar-refractivity contribution in [2.45, 2.75) is 65.6 Å². The molecule has 2 aromatic rings. The number of rotatable bonds is 14. The molecule has 2 rings (SSSR count). The molecule has 0 saturated carbocycles. The summed E-state index contributed by atoms with van der Waals surface area (Å²) in [6, 6.07) is 11.8. The van der Waals surface area contributed by atoms with Crippen molar-refractivity contribution in [1.29, 1.82) is 0 Å². The average molecular weight is 536 g/mol. The van der Waals surface area contributed by atoms with Crippen LogP contribution in [0, 0.1) is 5.82 Å². The lowest BCUT2D eigenvalue weighted by atomic mass is 10.1. The molecule has 0 aliphatic rings. The molecule has 0 saturated heterocycles. The molecule has 10 heteroatoms. The van der Waals surface area contributed by atoms with E-state index in [1.54, 1.807) is 36.4 Å². The Morgan fingerprint density at radius 3 is 2.27 bits per heavy atom. The van der Waals surface area contributed by atoms with Crippen LogP contribution < -0.4 is 14.4 Å². The molecule has 0 spiro atoms. The van der Waals surface area contributed by atoms with Crippen LogP contribution in [0.1, 0.15) is 52.5 Å². The Balaban J connectivity index is 2.24. The van der Waals surface area contributed by atoms with E-state index in [-0.39, 0.29) is 49.6 Å². The lowest BCUT2D eigenvalue weighted by Gasteiger charge is -2.31. The molecule has 2 amide bonds. The molecule has 2 aromatic carbocycles. The Morgan fingerprint density at radius 2 is 1.70 bits per heavy atom. The lowest BCUT2D eigenvalue weighted by molar-refractivity contribution is -0.141. The van der Waals surface area contributed by atoms with Crippen molar-refractivity contribution in [1.82, 2.24) is 10.2 Å². The number of hydrogen-bond acceptors (Lipinski definition) is 5. The molecule has 0 radical (unpaired) electrons. The zero-order valence-electron chi connectivity index (χ0n) is 22.2. The van der Waals surface area contributed by atoms with E-state index < -0.39 is 16.1 Å². The highest BCUT2D eigenvalue weighted by molar-refractivity contribution is 7.92. The summed E-state index contributed by atoms with van der Waals surface area (Å²) in [5.74, 6) is -0.506. The Kier molecular flexibility index (Phi) is 11.4. The third kappa shape index (κ3) is 9.03. The molecule has 0 heterocycles. The first kappa shape index (κ1) is 30.1. The summed E-state index contributed by atoms with van der Waals surface area (Å²) in [6.45, 7) is 7.90. The van der Waals surface area contributed by atoms with Crippen LogP contribution >= 0.6 is 0 Å². The maximum absolute atomic E-state index is 13.4. The van der Waals surface area contributed by atoms with Gasteiger partial charge in [0.25, 0.3) is 0 Å². The Labute approximate surface area is 219 Å². The number of benzene rings is 2. The van der Waals surface area contributed by atoms with Gasteiger partial charge >= 0.3 is 0 Å². The summed E-state index contributed by atoms with van der Waals surface area (Å²) in [5.41, 5.74) is 1.10. The molecule has 0 aromatic heterocycles. The van der Waals surface area contributed by atoms with Gasteiger partial charge in [-0.2, -0.15) is 0 Å². The van der Waals surface area contributed by atoms with Crippen LogP contribution in [-0.4, -0.2) is 56.6 Å². The Bertz CT molecular complexity index is 1140. The van der Waals surface area contributed by atoms with Crippen molar-refractivity contribution in [3.63, 3.8) is 0 Å². The molecule has 0 aliphatic heterocycles. The zero-order chi connectivity index (χ0) is 27.6. The maximum atomic E-state index is 13.4. The topological polar surface area (TPSA) is 96.0 Å². The lowest BCUT2D eigenvalue weighted by Crippen LogP contribution is -2.50. The molecule has 1 atom stereocenters.